The molecule has 5 heteroatoms. The Kier molecular flexibility index (Phi) is 6.36. The van der Waals surface area contributed by atoms with Crippen LogP contribution in [-0.2, 0) is 0 Å². The summed E-state index contributed by atoms with van der Waals surface area (Å²) in [5, 5.41) is 22.9. The average molecular weight is 199 g/mol. The van der Waals surface area contributed by atoms with Crippen LogP contribution < -0.4 is 0 Å². The van der Waals surface area contributed by atoms with E-state index in [1.165, 1.54) is 0 Å². The molecular weight excluding hydrogens is 182 g/mol. The minimum atomic E-state index is 0.526. The van der Waals surface area contributed by atoms with Crippen molar-refractivity contribution >= 4 is 17.1 Å². The Bertz CT molecular complexity index is 257. The quantitative estimate of drug-likeness (QED) is 0.307. The summed E-state index contributed by atoms with van der Waals surface area (Å²) >= 11 is 0. The van der Waals surface area contributed by atoms with Crippen LogP contribution in [0.1, 0.15) is 33.6 Å². The summed E-state index contributed by atoms with van der Waals surface area (Å²) < 4.78 is 0. The molecule has 80 valence electrons. The van der Waals surface area contributed by atoms with Crippen molar-refractivity contribution in [2.24, 2.45) is 15.3 Å². The molecule has 0 aromatic carbocycles. The minimum absolute atomic E-state index is 0.526. The highest BCUT2D eigenvalue weighted by molar-refractivity contribution is 6.40. The van der Waals surface area contributed by atoms with Crippen LogP contribution in [0.3, 0.4) is 0 Å². The van der Waals surface area contributed by atoms with E-state index in [2.05, 4.69) is 15.3 Å². The SMILES string of the molecule is CC(=NCCC/C(C)=N/O)/C(C)=N/O. The van der Waals surface area contributed by atoms with Gasteiger partial charge < -0.3 is 10.4 Å². The monoisotopic (exact) mass is 199 g/mol. The fourth-order valence-electron chi connectivity index (χ4n) is 0.818. The van der Waals surface area contributed by atoms with Crippen LogP contribution in [0.2, 0.25) is 0 Å². The van der Waals surface area contributed by atoms with Gasteiger partial charge in [-0.1, -0.05) is 10.3 Å². The zero-order valence-electron chi connectivity index (χ0n) is 8.86. The Balaban J connectivity index is 3.83. The lowest BCUT2D eigenvalue weighted by atomic mass is 10.2. The Morgan fingerprint density at radius 3 is 2.14 bits per heavy atom. The van der Waals surface area contributed by atoms with E-state index in [9.17, 15) is 0 Å². The number of hydrogen-bond acceptors (Lipinski definition) is 5. The van der Waals surface area contributed by atoms with Gasteiger partial charge in [0.1, 0.15) is 0 Å². The molecule has 0 spiro atoms. The molecule has 0 radical (unpaired) electrons. The number of hydrogen-bond donors (Lipinski definition) is 2. The van der Waals surface area contributed by atoms with Crippen LogP contribution in [-0.4, -0.2) is 34.1 Å². The first-order chi connectivity index (χ1) is 6.61. The van der Waals surface area contributed by atoms with Gasteiger partial charge in [0.25, 0.3) is 0 Å². The maximum atomic E-state index is 8.44. The lowest BCUT2D eigenvalue weighted by Gasteiger charge is -1.98. The lowest BCUT2D eigenvalue weighted by molar-refractivity contribution is 0.317. The van der Waals surface area contributed by atoms with Crippen LogP contribution >= 0.6 is 0 Å². The fraction of sp³-hybridized carbons (Fsp3) is 0.667. The van der Waals surface area contributed by atoms with Crippen LogP contribution in [0.25, 0.3) is 0 Å². The molecule has 0 saturated heterocycles. The molecule has 0 unspecified atom stereocenters. The van der Waals surface area contributed by atoms with E-state index < -0.39 is 0 Å². The molecule has 0 aliphatic heterocycles. The minimum Gasteiger partial charge on any atom is -0.411 e. The largest absolute Gasteiger partial charge is 0.411 e. The summed E-state index contributed by atoms with van der Waals surface area (Å²) in [4.78, 5) is 4.19. The van der Waals surface area contributed by atoms with E-state index in [1.807, 2.05) is 0 Å². The zero-order chi connectivity index (χ0) is 11.0. The Labute approximate surface area is 83.8 Å². The normalized spacial score (nSPS) is 14.6. The third-order valence-corrected chi connectivity index (χ3v) is 1.89. The van der Waals surface area contributed by atoms with Crippen LogP contribution in [0.5, 0.6) is 0 Å². The van der Waals surface area contributed by atoms with E-state index in [1.54, 1.807) is 20.8 Å². The molecule has 5 nitrogen and oxygen atoms in total. The van der Waals surface area contributed by atoms with Crippen molar-refractivity contribution in [3.8, 4) is 0 Å². The molecule has 0 amide bonds. The summed E-state index contributed by atoms with van der Waals surface area (Å²) in [5.74, 6) is 0. The summed E-state index contributed by atoms with van der Waals surface area (Å²) in [5.41, 5.74) is 1.95. The topological polar surface area (TPSA) is 77.5 Å². The molecule has 0 heterocycles. The second kappa shape index (κ2) is 7.06. The maximum absolute atomic E-state index is 8.44. The first-order valence-electron chi connectivity index (χ1n) is 4.49. The molecular formula is C9H17N3O2. The summed E-state index contributed by atoms with van der Waals surface area (Å²) in [6, 6.07) is 0. The van der Waals surface area contributed by atoms with E-state index in [0.29, 0.717) is 18.0 Å². The van der Waals surface area contributed by atoms with Gasteiger partial charge in [0, 0.05) is 6.54 Å². The predicted octanol–water partition coefficient (Wildman–Crippen LogP) is 1.93. The molecule has 0 bridgehead atoms. The van der Waals surface area contributed by atoms with Crippen molar-refractivity contribution in [1.29, 1.82) is 0 Å². The molecule has 0 aromatic rings. The van der Waals surface area contributed by atoms with Gasteiger partial charge in [0.05, 0.1) is 17.1 Å². The van der Waals surface area contributed by atoms with Crippen molar-refractivity contribution in [2.45, 2.75) is 33.6 Å². The lowest BCUT2D eigenvalue weighted by Crippen LogP contribution is -2.06. The van der Waals surface area contributed by atoms with Gasteiger partial charge in [0.15, 0.2) is 0 Å². The third kappa shape index (κ3) is 5.29. The molecule has 0 saturated carbocycles. The molecule has 0 aliphatic rings. The van der Waals surface area contributed by atoms with E-state index in [0.717, 1.165) is 18.6 Å². The number of oxime groups is 2. The second-order valence-corrected chi connectivity index (χ2v) is 3.09. The van der Waals surface area contributed by atoms with Crippen LogP contribution in [0, 0.1) is 0 Å². The van der Waals surface area contributed by atoms with Crippen molar-refractivity contribution in [3.63, 3.8) is 0 Å². The van der Waals surface area contributed by atoms with Gasteiger partial charge >= 0.3 is 0 Å². The second-order valence-electron chi connectivity index (χ2n) is 3.09. The van der Waals surface area contributed by atoms with Gasteiger partial charge in [0.2, 0.25) is 0 Å². The van der Waals surface area contributed by atoms with Gasteiger partial charge in [-0.05, 0) is 33.6 Å². The highest BCUT2D eigenvalue weighted by Crippen LogP contribution is 1.94. The summed E-state index contributed by atoms with van der Waals surface area (Å²) in [6.45, 7) is 5.89. The number of aliphatic imine (C=N–C) groups is 1. The van der Waals surface area contributed by atoms with Gasteiger partial charge in [-0.2, -0.15) is 0 Å². The van der Waals surface area contributed by atoms with Crippen molar-refractivity contribution < 1.29 is 10.4 Å². The number of rotatable bonds is 5. The zero-order valence-corrected chi connectivity index (χ0v) is 8.86. The van der Waals surface area contributed by atoms with Crippen molar-refractivity contribution in [3.05, 3.63) is 0 Å². The maximum Gasteiger partial charge on any atom is 0.0971 e. The average Bonchev–Trinajstić information content (AvgIpc) is 2.22. The Morgan fingerprint density at radius 2 is 1.64 bits per heavy atom. The molecule has 0 rings (SSSR count). The molecule has 2 N–H and O–H groups in total. The Morgan fingerprint density at radius 1 is 1.00 bits per heavy atom. The first kappa shape index (κ1) is 12.6. The standard InChI is InChI=1S/C9H17N3O2/c1-7(11-13)5-4-6-10-8(2)9(3)12-14/h13-14H,4-6H2,1-3H3/b10-8?,11-7+,12-9+. The van der Waals surface area contributed by atoms with Crippen LogP contribution in [0.15, 0.2) is 15.3 Å². The molecule has 0 atom stereocenters. The molecule has 14 heavy (non-hydrogen) atoms. The van der Waals surface area contributed by atoms with Crippen molar-refractivity contribution in [1.82, 2.24) is 0 Å². The molecule has 0 fully saturated rings. The van der Waals surface area contributed by atoms with Gasteiger partial charge in [-0.3, -0.25) is 4.99 Å². The van der Waals surface area contributed by atoms with Crippen LogP contribution in [0.4, 0.5) is 0 Å². The highest BCUT2D eigenvalue weighted by Gasteiger charge is 1.96. The molecule has 0 aliphatic carbocycles. The van der Waals surface area contributed by atoms with Gasteiger partial charge in [-0.25, -0.2) is 0 Å². The molecule has 0 aromatic heterocycles. The number of nitrogens with zero attached hydrogens (tertiary/aromatic N) is 3. The van der Waals surface area contributed by atoms with E-state index >= 15 is 0 Å². The summed E-state index contributed by atoms with van der Waals surface area (Å²) in [7, 11) is 0. The van der Waals surface area contributed by atoms with E-state index in [-0.39, 0.29) is 0 Å². The van der Waals surface area contributed by atoms with E-state index in [4.69, 9.17) is 10.4 Å². The van der Waals surface area contributed by atoms with Gasteiger partial charge in [-0.15, -0.1) is 0 Å². The van der Waals surface area contributed by atoms with Crippen molar-refractivity contribution in [2.75, 3.05) is 6.54 Å². The first-order valence-corrected chi connectivity index (χ1v) is 4.49. The third-order valence-electron chi connectivity index (χ3n) is 1.89. The highest BCUT2D eigenvalue weighted by atomic mass is 16.4. The Hall–Kier alpha value is -1.39. The smallest absolute Gasteiger partial charge is 0.0971 e. The summed E-state index contributed by atoms with van der Waals surface area (Å²) in [6.07, 6.45) is 1.55. The fourth-order valence-corrected chi connectivity index (χ4v) is 0.818. The predicted molar refractivity (Wildman–Crippen MR) is 57.0 cm³/mol.